The highest BCUT2D eigenvalue weighted by Gasteiger charge is 2.03. The summed E-state index contributed by atoms with van der Waals surface area (Å²) >= 11 is 0. The SMILES string of the molecule is Nc1c[c]ccc1-c1ccccc1N. The van der Waals surface area contributed by atoms with Crippen LogP contribution in [-0.2, 0) is 0 Å². The molecular formula is C12H11N2. The predicted octanol–water partition coefficient (Wildman–Crippen LogP) is 2.32. The summed E-state index contributed by atoms with van der Waals surface area (Å²) in [7, 11) is 0. The summed E-state index contributed by atoms with van der Waals surface area (Å²) in [5, 5.41) is 0. The maximum atomic E-state index is 5.86. The summed E-state index contributed by atoms with van der Waals surface area (Å²) in [4.78, 5) is 0. The van der Waals surface area contributed by atoms with E-state index in [1.54, 1.807) is 6.07 Å². The lowest BCUT2D eigenvalue weighted by Crippen LogP contribution is -1.93. The van der Waals surface area contributed by atoms with E-state index in [1.165, 1.54) is 0 Å². The van der Waals surface area contributed by atoms with E-state index in [9.17, 15) is 0 Å². The molecule has 4 N–H and O–H groups in total. The molecule has 0 saturated carbocycles. The van der Waals surface area contributed by atoms with Gasteiger partial charge in [0.1, 0.15) is 0 Å². The summed E-state index contributed by atoms with van der Waals surface area (Å²) in [6.07, 6.45) is 0. The molecule has 14 heavy (non-hydrogen) atoms. The topological polar surface area (TPSA) is 52.0 Å². The van der Waals surface area contributed by atoms with Crippen molar-refractivity contribution in [3.05, 3.63) is 48.5 Å². The maximum Gasteiger partial charge on any atom is 0.0400 e. The second-order valence-corrected chi connectivity index (χ2v) is 3.10. The van der Waals surface area contributed by atoms with E-state index < -0.39 is 0 Å². The second-order valence-electron chi connectivity index (χ2n) is 3.10. The predicted molar refractivity (Wildman–Crippen MR) is 59.5 cm³/mol. The molecule has 69 valence electrons. The average Bonchev–Trinajstić information content (AvgIpc) is 2.20. The van der Waals surface area contributed by atoms with Crippen LogP contribution >= 0.6 is 0 Å². The first kappa shape index (κ1) is 8.63. The van der Waals surface area contributed by atoms with Crippen molar-refractivity contribution in [3.8, 4) is 11.1 Å². The van der Waals surface area contributed by atoms with Crippen molar-refractivity contribution in [2.24, 2.45) is 0 Å². The number of rotatable bonds is 1. The molecule has 0 amide bonds. The zero-order chi connectivity index (χ0) is 9.97. The van der Waals surface area contributed by atoms with Gasteiger partial charge in [0, 0.05) is 22.5 Å². The molecule has 2 rings (SSSR count). The van der Waals surface area contributed by atoms with E-state index in [2.05, 4.69) is 6.07 Å². The van der Waals surface area contributed by atoms with Crippen LogP contribution in [0, 0.1) is 6.07 Å². The average molecular weight is 183 g/mol. The van der Waals surface area contributed by atoms with Crippen LogP contribution in [0.25, 0.3) is 11.1 Å². The minimum absolute atomic E-state index is 0.699. The van der Waals surface area contributed by atoms with Crippen LogP contribution in [0.15, 0.2) is 42.5 Å². The van der Waals surface area contributed by atoms with E-state index >= 15 is 0 Å². The number of anilines is 2. The third kappa shape index (κ3) is 1.42. The first-order chi connectivity index (χ1) is 6.79. The van der Waals surface area contributed by atoms with Gasteiger partial charge in [0.15, 0.2) is 0 Å². The van der Waals surface area contributed by atoms with E-state index in [0.717, 1.165) is 16.8 Å². The molecule has 0 heterocycles. The number of hydrogen-bond donors (Lipinski definition) is 2. The second kappa shape index (κ2) is 3.42. The smallest absolute Gasteiger partial charge is 0.0400 e. The third-order valence-corrected chi connectivity index (χ3v) is 2.15. The molecule has 2 aromatic carbocycles. The van der Waals surface area contributed by atoms with Crippen LogP contribution in [0.3, 0.4) is 0 Å². The molecule has 1 radical (unpaired) electrons. The number of benzene rings is 2. The highest BCUT2D eigenvalue weighted by Crippen LogP contribution is 2.29. The minimum atomic E-state index is 0.699. The first-order valence-electron chi connectivity index (χ1n) is 4.39. The largest absolute Gasteiger partial charge is 0.398 e. The fourth-order valence-electron chi connectivity index (χ4n) is 1.43. The number of para-hydroxylation sites is 1. The molecule has 0 fully saturated rings. The Balaban J connectivity index is 2.61. The van der Waals surface area contributed by atoms with Gasteiger partial charge in [-0.15, -0.1) is 0 Å². The Labute approximate surface area is 83.2 Å². The Morgan fingerprint density at radius 1 is 0.857 bits per heavy atom. The molecule has 0 saturated heterocycles. The molecule has 0 spiro atoms. The van der Waals surface area contributed by atoms with Crippen LogP contribution in [0.5, 0.6) is 0 Å². The summed E-state index contributed by atoms with van der Waals surface area (Å²) in [6.45, 7) is 0. The normalized spacial score (nSPS) is 10.0. The summed E-state index contributed by atoms with van der Waals surface area (Å²) < 4.78 is 0. The molecule has 0 aliphatic heterocycles. The van der Waals surface area contributed by atoms with Crippen molar-refractivity contribution >= 4 is 11.4 Å². The molecule has 0 aliphatic rings. The van der Waals surface area contributed by atoms with Gasteiger partial charge in [-0.05, 0) is 18.2 Å². The Morgan fingerprint density at radius 2 is 1.57 bits per heavy atom. The van der Waals surface area contributed by atoms with Crippen LogP contribution < -0.4 is 11.5 Å². The van der Waals surface area contributed by atoms with Crippen LogP contribution in [0.4, 0.5) is 11.4 Å². The van der Waals surface area contributed by atoms with Crippen molar-refractivity contribution in [2.75, 3.05) is 11.5 Å². The van der Waals surface area contributed by atoms with E-state index in [1.807, 2.05) is 36.4 Å². The van der Waals surface area contributed by atoms with Gasteiger partial charge in [-0.1, -0.05) is 30.3 Å². The van der Waals surface area contributed by atoms with Gasteiger partial charge in [0.2, 0.25) is 0 Å². The van der Waals surface area contributed by atoms with E-state index in [-0.39, 0.29) is 0 Å². The Bertz CT molecular complexity index is 406. The van der Waals surface area contributed by atoms with Crippen molar-refractivity contribution in [1.82, 2.24) is 0 Å². The summed E-state index contributed by atoms with van der Waals surface area (Å²) in [5.74, 6) is 0. The summed E-state index contributed by atoms with van der Waals surface area (Å²) in [6, 6.07) is 16.1. The summed E-state index contributed by atoms with van der Waals surface area (Å²) in [5.41, 5.74) is 15.1. The molecule has 2 aromatic rings. The molecule has 0 atom stereocenters. The molecule has 0 bridgehead atoms. The molecular weight excluding hydrogens is 172 g/mol. The lowest BCUT2D eigenvalue weighted by atomic mass is 10.0. The van der Waals surface area contributed by atoms with Crippen LogP contribution in [0.1, 0.15) is 0 Å². The lowest BCUT2D eigenvalue weighted by molar-refractivity contribution is 1.60. The van der Waals surface area contributed by atoms with Crippen molar-refractivity contribution in [2.45, 2.75) is 0 Å². The lowest BCUT2D eigenvalue weighted by Gasteiger charge is -2.07. The number of hydrogen-bond acceptors (Lipinski definition) is 2. The maximum absolute atomic E-state index is 5.86. The Hall–Kier alpha value is -1.96. The fraction of sp³-hybridized carbons (Fsp3) is 0. The standard InChI is InChI=1S/C12H11N2/c13-11-7-3-1-5-9(11)10-6-2-4-8-12(10)14/h1-3,5-8H,13-14H2. The Morgan fingerprint density at radius 3 is 2.29 bits per heavy atom. The highest BCUT2D eigenvalue weighted by atomic mass is 14.6. The van der Waals surface area contributed by atoms with E-state index in [4.69, 9.17) is 11.5 Å². The minimum Gasteiger partial charge on any atom is -0.398 e. The third-order valence-electron chi connectivity index (χ3n) is 2.15. The van der Waals surface area contributed by atoms with Crippen molar-refractivity contribution in [3.63, 3.8) is 0 Å². The monoisotopic (exact) mass is 183 g/mol. The van der Waals surface area contributed by atoms with Gasteiger partial charge in [0.05, 0.1) is 0 Å². The first-order valence-corrected chi connectivity index (χ1v) is 4.39. The molecule has 0 aromatic heterocycles. The van der Waals surface area contributed by atoms with Crippen LogP contribution in [0.2, 0.25) is 0 Å². The molecule has 0 aliphatic carbocycles. The van der Waals surface area contributed by atoms with Gasteiger partial charge >= 0.3 is 0 Å². The number of nitrogen functional groups attached to an aromatic ring is 2. The van der Waals surface area contributed by atoms with Gasteiger partial charge < -0.3 is 11.5 Å². The zero-order valence-electron chi connectivity index (χ0n) is 7.70. The molecule has 2 nitrogen and oxygen atoms in total. The quantitative estimate of drug-likeness (QED) is 0.666. The van der Waals surface area contributed by atoms with Crippen molar-refractivity contribution in [1.29, 1.82) is 0 Å². The zero-order valence-corrected chi connectivity index (χ0v) is 7.70. The van der Waals surface area contributed by atoms with Gasteiger partial charge in [-0.25, -0.2) is 0 Å². The Kier molecular flexibility index (Phi) is 2.11. The van der Waals surface area contributed by atoms with Crippen LogP contribution in [-0.4, -0.2) is 0 Å². The molecule has 2 heteroatoms. The van der Waals surface area contributed by atoms with E-state index in [0.29, 0.717) is 5.69 Å². The highest BCUT2D eigenvalue weighted by molar-refractivity contribution is 5.83. The van der Waals surface area contributed by atoms with Crippen molar-refractivity contribution < 1.29 is 0 Å². The van der Waals surface area contributed by atoms with Gasteiger partial charge in [0.25, 0.3) is 0 Å². The molecule has 0 unspecified atom stereocenters. The number of nitrogens with two attached hydrogens (primary N) is 2. The van der Waals surface area contributed by atoms with Gasteiger partial charge in [-0.3, -0.25) is 0 Å². The fourth-order valence-corrected chi connectivity index (χ4v) is 1.43. The van der Waals surface area contributed by atoms with Gasteiger partial charge in [-0.2, -0.15) is 0 Å².